The van der Waals surface area contributed by atoms with Crippen molar-refractivity contribution < 1.29 is 4.79 Å². The maximum absolute atomic E-state index is 12.2. The van der Waals surface area contributed by atoms with Crippen LogP contribution in [0.1, 0.15) is 41.9 Å². The van der Waals surface area contributed by atoms with E-state index in [9.17, 15) is 4.79 Å². The van der Waals surface area contributed by atoms with Crippen LogP contribution in [0.4, 0.5) is 0 Å². The molecule has 1 heterocycles. The predicted molar refractivity (Wildman–Crippen MR) is 86.3 cm³/mol. The van der Waals surface area contributed by atoms with Crippen molar-refractivity contribution in [2.45, 2.75) is 33.6 Å². The number of nitrogens with zero attached hydrogens (tertiary/aromatic N) is 2. The Bertz CT molecular complexity index is 738. The summed E-state index contributed by atoms with van der Waals surface area (Å²) >= 11 is 3.57. The van der Waals surface area contributed by atoms with Crippen molar-refractivity contribution in [3.8, 4) is 11.4 Å². The molecule has 0 N–H and O–H groups in total. The van der Waals surface area contributed by atoms with Gasteiger partial charge < -0.3 is 0 Å². The first-order valence-corrected chi connectivity index (χ1v) is 7.81. The number of halogens is 1. The number of hydrogen-bond acceptors (Lipinski definition) is 3. The summed E-state index contributed by atoms with van der Waals surface area (Å²) in [5.41, 5.74) is 3.66. The molecule has 1 aliphatic carbocycles. The standard InChI is InChI=1S/C17H17BrN2O/c1-10-4-5-11(13(18)6-10)16-19-9-12-14(20-16)7-17(2,3)8-15(12)21/h4-6,9H,7-8H2,1-3H3. The quantitative estimate of drug-likeness (QED) is 0.771. The summed E-state index contributed by atoms with van der Waals surface area (Å²) in [5.74, 6) is 0.821. The van der Waals surface area contributed by atoms with E-state index in [-0.39, 0.29) is 11.2 Å². The maximum Gasteiger partial charge on any atom is 0.166 e. The summed E-state index contributed by atoms with van der Waals surface area (Å²) < 4.78 is 0.976. The largest absolute Gasteiger partial charge is 0.294 e. The molecule has 4 heteroatoms. The fourth-order valence-corrected chi connectivity index (χ4v) is 3.43. The molecule has 0 fully saturated rings. The molecule has 21 heavy (non-hydrogen) atoms. The van der Waals surface area contributed by atoms with Gasteiger partial charge in [0.25, 0.3) is 0 Å². The van der Waals surface area contributed by atoms with Crippen molar-refractivity contribution in [1.82, 2.24) is 9.97 Å². The topological polar surface area (TPSA) is 42.9 Å². The van der Waals surface area contributed by atoms with Gasteiger partial charge in [-0.15, -0.1) is 0 Å². The van der Waals surface area contributed by atoms with Crippen molar-refractivity contribution in [2.24, 2.45) is 5.41 Å². The second-order valence-electron chi connectivity index (χ2n) is 6.48. The highest BCUT2D eigenvalue weighted by Crippen LogP contribution is 2.35. The molecule has 0 amide bonds. The zero-order valence-electron chi connectivity index (χ0n) is 12.4. The summed E-state index contributed by atoms with van der Waals surface area (Å²) in [6.07, 6.45) is 3.06. The van der Waals surface area contributed by atoms with Crippen molar-refractivity contribution >= 4 is 21.7 Å². The van der Waals surface area contributed by atoms with Gasteiger partial charge in [0.1, 0.15) is 0 Å². The monoisotopic (exact) mass is 344 g/mol. The zero-order valence-corrected chi connectivity index (χ0v) is 14.0. The lowest BCUT2D eigenvalue weighted by atomic mass is 9.76. The second kappa shape index (κ2) is 5.02. The molecule has 0 spiro atoms. The Balaban J connectivity index is 2.09. The van der Waals surface area contributed by atoms with Crippen LogP contribution in [-0.4, -0.2) is 15.8 Å². The number of carbonyl (C=O) groups excluding carboxylic acids is 1. The lowest BCUT2D eigenvalue weighted by Crippen LogP contribution is -2.28. The number of ketones is 1. The Morgan fingerprint density at radius 1 is 1.19 bits per heavy atom. The lowest BCUT2D eigenvalue weighted by Gasteiger charge is -2.29. The van der Waals surface area contributed by atoms with Crippen LogP contribution in [0.15, 0.2) is 28.9 Å². The van der Waals surface area contributed by atoms with Crippen LogP contribution in [0.5, 0.6) is 0 Å². The van der Waals surface area contributed by atoms with Gasteiger partial charge in [-0.3, -0.25) is 4.79 Å². The van der Waals surface area contributed by atoms with Gasteiger partial charge in [0.05, 0.1) is 11.3 Å². The summed E-state index contributed by atoms with van der Waals surface area (Å²) in [4.78, 5) is 21.2. The fraction of sp³-hybridized carbons (Fsp3) is 0.353. The first kappa shape index (κ1) is 14.4. The third-order valence-electron chi connectivity index (χ3n) is 3.82. The molecule has 0 bridgehead atoms. The maximum atomic E-state index is 12.2. The summed E-state index contributed by atoms with van der Waals surface area (Å²) in [6.45, 7) is 6.26. The van der Waals surface area contributed by atoms with E-state index in [1.165, 1.54) is 5.56 Å². The Hall–Kier alpha value is -1.55. The molecule has 3 rings (SSSR count). The highest BCUT2D eigenvalue weighted by atomic mass is 79.9. The first-order chi connectivity index (χ1) is 9.85. The SMILES string of the molecule is Cc1ccc(-c2ncc3c(n2)CC(C)(C)CC3=O)c(Br)c1. The number of rotatable bonds is 1. The van der Waals surface area contributed by atoms with Crippen LogP contribution in [0.3, 0.4) is 0 Å². The smallest absolute Gasteiger partial charge is 0.166 e. The van der Waals surface area contributed by atoms with Crippen LogP contribution in [0, 0.1) is 12.3 Å². The van der Waals surface area contributed by atoms with E-state index in [2.05, 4.69) is 39.7 Å². The lowest BCUT2D eigenvalue weighted by molar-refractivity contribution is 0.0910. The van der Waals surface area contributed by atoms with Crippen LogP contribution in [-0.2, 0) is 6.42 Å². The molecule has 0 unspecified atom stereocenters. The van der Waals surface area contributed by atoms with Crippen molar-refractivity contribution in [3.63, 3.8) is 0 Å². The van der Waals surface area contributed by atoms with Gasteiger partial charge in [0, 0.05) is 22.7 Å². The van der Waals surface area contributed by atoms with Crippen LogP contribution < -0.4 is 0 Å². The van der Waals surface area contributed by atoms with Crippen molar-refractivity contribution in [3.05, 3.63) is 45.7 Å². The average Bonchev–Trinajstić information content (AvgIpc) is 2.36. The summed E-state index contributed by atoms with van der Waals surface area (Å²) in [5, 5.41) is 0. The normalized spacial score (nSPS) is 16.7. The van der Waals surface area contributed by atoms with Crippen molar-refractivity contribution in [1.29, 1.82) is 0 Å². The van der Waals surface area contributed by atoms with E-state index in [4.69, 9.17) is 0 Å². The van der Waals surface area contributed by atoms with Crippen LogP contribution >= 0.6 is 15.9 Å². The Morgan fingerprint density at radius 2 is 1.95 bits per heavy atom. The number of aromatic nitrogens is 2. The van der Waals surface area contributed by atoms with E-state index < -0.39 is 0 Å². The molecule has 0 radical (unpaired) electrons. The van der Waals surface area contributed by atoms with E-state index >= 15 is 0 Å². The highest BCUT2D eigenvalue weighted by Gasteiger charge is 2.32. The van der Waals surface area contributed by atoms with Gasteiger partial charge >= 0.3 is 0 Å². The summed E-state index contributed by atoms with van der Waals surface area (Å²) in [6, 6.07) is 6.10. The molecule has 0 saturated carbocycles. The third kappa shape index (κ3) is 2.77. The molecular formula is C17H17BrN2O. The minimum Gasteiger partial charge on any atom is -0.294 e. The molecule has 1 aliphatic rings. The van der Waals surface area contributed by atoms with Gasteiger partial charge in [-0.05, 0) is 36.5 Å². The van der Waals surface area contributed by atoms with E-state index in [0.29, 0.717) is 17.8 Å². The first-order valence-electron chi connectivity index (χ1n) is 7.01. The molecule has 1 aromatic heterocycles. The number of carbonyl (C=O) groups is 1. The number of fused-ring (bicyclic) bond motifs is 1. The van der Waals surface area contributed by atoms with Crippen LogP contribution in [0.2, 0.25) is 0 Å². The zero-order chi connectivity index (χ0) is 15.2. The molecule has 2 aromatic rings. The highest BCUT2D eigenvalue weighted by molar-refractivity contribution is 9.10. The molecule has 1 aromatic carbocycles. The van der Waals surface area contributed by atoms with Gasteiger partial charge in [-0.25, -0.2) is 9.97 Å². The molecule has 108 valence electrons. The number of Topliss-reactive ketones (excluding diaryl/α,β-unsaturated/α-hetero) is 1. The summed E-state index contributed by atoms with van der Waals surface area (Å²) in [7, 11) is 0. The van der Waals surface area contributed by atoms with Gasteiger partial charge in [0.2, 0.25) is 0 Å². The number of aryl methyl sites for hydroxylation is 1. The molecule has 0 aliphatic heterocycles. The fourth-order valence-electron chi connectivity index (χ4n) is 2.76. The van der Waals surface area contributed by atoms with E-state index in [0.717, 1.165) is 22.2 Å². The Labute approximate surface area is 133 Å². The number of hydrogen-bond donors (Lipinski definition) is 0. The Morgan fingerprint density at radius 3 is 2.67 bits per heavy atom. The van der Waals surface area contributed by atoms with Crippen LogP contribution in [0.25, 0.3) is 11.4 Å². The second-order valence-corrected chi connectivity index (χ2v) is 7.33. The van der Waals surface area contributed by atoms with Gasteiger partial charge in [-0.1, -0.05) is 35.8 Å². The number of benzene rings is 1. The average molecular weight is 345 g/mol. The van der Waals surface area contributed by atoms with E-state index in [1.54, 1.807) is 6.20 Å². The molecular weight excluding hydrogens is 328 g/mol. The Kier molecular flexibility index (Phi) is 3.44. The van der Waals surface area contributed by atoms with Crippen molar-refractivity contribution in [2.75, 3.05) is 0 Å². The third-order valence-corrected chi connectivity index (χ3v) is 4.47. The predicted octanol–water partition coefficient (Wildman–Crippen LogP) is 4.37. The molecule has 0 atom stereocenters. The minimum atomic E-state index is -0.0276. The molecule has 0 saturated heterocycles. The van der Waals surface area contributed by atoms with E-state index in [1.807, 2.05) is 25.1 Å². The molecule has 3 nitrogen and oxygen atoms in total. The van der Waals surface area contributed by atoms with Gasteiger partial charge in [0.15, 0.2) is 11.6 Å². The minimum absolute atomic E-state index is 0.0276. The van der Waals surface area contributed by atoms with Gasteiger partial charge in [-0.2, -0.15) is 0 Å².